The number of aromatic nitrogens is 2. The van der Waals surface area contributed by atoms with E-state index in [1.54, 1.807) is 6.92 Å². The second kappa shape index (κ2) is 8.52. The van der Waals surface area contributed by atoms with Gasteiger partial charge in [-0.25, -0.2) is 9.79 Å². The van der Waals surface area contributed by atoms with Crippen LogP contribution in [0.1, 0.15) is 34.9 Å². The Bertz CT molecular complexity index is 1210. The number of aromatic amines is 1. The Hall–Kier alpha value is -3.56. The minimum absolute atomic E-state index is 0.0787. The molecule has 0 atom stereocenters. The summed E-state index contributed by atoms with van der Waals surface area (Å²) in [6.45, 7) is 4.87. The SMILES string of the molecule is C=Nc1[nH]c(=O)n(Cc2ccc(C(F)(F)F)cc2)c1/C=C(\C)c1cccc(C(F)(F)F)c1. The zero-order valence-electron chi connectivity index (χ0n) is 16.7. The van der Waals surface area contributed by atoms with Gasteiger partial charge in [-0.2, -0.15) is 26.3 Å². The highest BCUT2D eigenvalue weighted by atomic mass is 19.4. The third-order valence-corrected chi connectivity index (χ3v) is 4.78. The quantitative estimate of drug-likeness (QED) is 0.365. The van der Waals surface area contributed by atoms with Gasteiger partial charge in [-0.05, 0) is 60.7 Å². The number of rotatable bonds is 5. The number of hydrogen-bond donors (Lipinski definition) is 1. The molecule has 0 fully saturated rings. The Balaban J connectivity index is 2.01. The van der Waals surface area contributed by atoms with Gasteiger partial charge in [0, 0.05) is 0 Å². The maximum atomic E-state index is 13.0. The summed E-state index contributed by atoms with van der Waals surface area (Å²) in [7, 11) is 0. The Morgan fingerprint density at radius 1 is 1.03 bits per heavy atom. The monoisotopic (exact) mass is 453 g/mol. The number of alkyl halides is 6. The van der Waals surface area contributed by atoms with E-state index in [4.69, 9.17) is 0 Å². The van der Waals surface area contributed by atoms with E-state index >= 15 is 0 Å². The second-order valence-corrected chi connectivity index (χ2v) is 7.01. The molecule has 3 rings (SSSR count). The van der Waals surface area contributed by atoms with Crippen molar-refractivity contribution in [3.05, 3.63) is 87.0 Å². The average Bonchev–Trinajstić information content (AvgIpc) is 3.02. The first-order valence-corrected chi connectivity index (χ1v) is 9.21. The minimum Gasteiger partial charge on any atom is -0.290 e. The number of imidazole rings is 1. The van der Waals surface area contributed by atoms with Crippen LogP contribution in [0.3, 0.4) is 0 Å². The molecule has 0 spiro atoms. The van der Waals surface area contributed by atoms with Gasteiger partial charge in [-0.15, -0.1) is 0 Å². The zero-order valence-corrected chi connectivity index (χ0v) is 16.7. The summed E-state index contributed by atoms with van der Waals surface area (Å²) in [6, 6.07) is 9.00. The molecule has 0 saturated carbocycles. The van der Waals surface area contributed by atoms with Crippen molar-refractivity contribution in [1.82, 2.24) is 9.55 Å². The molecule has 0 aliphatic rings. The molecule has 1 N–H and O–H groups in total. The normalized spacial score (nSPS) is 12.8. The fraction of sp³-hybridized carbons (Fsp3) is 0.182. The first-order valence-electron chi connectivity index (χ1n) is 9.21. The highest BCUT2D eigenvalue weighted by Crippen LogP contribution is 2.32. The lowest BCUT2D eigenvalue weighted by Gasteiger charge is -2.11. The first kappa shape index (κ1) is 23.1. The molecule has 168 valence electrons. The summed E-state index contributed by atoms with van der Waals surface area (Å²) < 4.78 is 78.6. The largest absolute Gasteiger partial charge is 0.416 e. The second-order valence-electron chi connectivity index (χ2n) is 7.01. The number of nitrogens with one attached hydrogen (secondary N) is 1. The predicted octanol–water partition coefficient (Wildman–Crippen LogP) is 6.15. The van der Waals surface area contributed by atoms with E-state index in [0.717, 1.165) is 24.3 Å². The van der Waals surface area contributed by atoms with Crippen molar-refractivity contribution in [3.63, 3.8) is 0 Å². The lowest BCUT2D eigenvalue weighted by Crippen LogP contribution is -2.18. The molecule has 2 aromatic carbocycles. The standard InChI is InChI=1S/C22H17F6N3O/c1-13(15-4-3-5-17(11-15)22(26,27)28)10-18-19(29-2)30-20(32)31(18)12-14-6-8-16(9-7-14)21(23,24)25/h3-11H,2,12H2,1H3,(H,30,32)/b13-10+. The Kier molecular flexibility index (Phi) is 6.16. The van der Waals surface area contributed by atoms with Crippen LogP contribution in [0.4, 0.5) is 32.2 Å². The van der Waals surface area contributed by atoms with Gasteiger partial charge in [0.1, 0.15) is 0 Å². The molecule has 4 nitrogen and oxygen atoms in total. The van der Waals surface area contributed by atoms with Crippen molar-refractivity contribution >= 4 is 24.2 Å². The molecule has 0 radical (unpaired) electrons. The Morgan fingerprint density at radius 3 is 2.22 bits per heavy atom. The summed E-state index contributed by atoms with van der Waals surface area (Å²) in [4.78, 5) is 18.6. The van der Waals surface area contributed by atoms with E-state index in [-0.39, 0.29) is 23.6 Å². The third-order valence-electron chi connectivity index (χ3n) is 4.78. The van der Waals surface area contributed by atoms with Gasteiger partial charge in [-0.3, -0.25) is 9.55 Å². The van der Waals surface area contributed by atoms with Crippen LogP contribution in [-0.2, 0) is 18.9 Å². The molecular weight excluding hydrogens is 436 g/mol. The van der Waals surface area contributed by atoms with Gasteiger partial charge < -0.3 is 0 Å². The Morgan fingerprint density at radius 2 is 1.66 bits per heavy atom. The maximum absolute atomic E-state index is 13.0. The summed E-state index contributed by atoms with van der Waals surface area (Å²) in [5.41, 5.74) is -0.875. The summed E-state index contributed by atoms with van der Waals surface area (Å²) >= 11 is 0. The number of hydrogen-bond acceptors (Lipinski definition) is 2. The number of aliphatic imine (C=N–C) groups is 1. The van der Waals surface area contributed by atoms with E-state index in [1.165, 1.54) is 34.9 Å². The van der Waals surface area contributed by atoms with Gasteiger partial charge in [-0.1, -0.05) is 24.3 Å². The summed E-state index contributed by atoms with van der Waals surface area (Å²) in [5, 5.41) is 0. The van der Waals surface area contributed by atoms with Crippen molar-refractivity contribution in [2.75, 3.05) is 0 Å². The molecule has 0 amide bonds. The van der Waals surface area contributed by atoms with Gasteiger partial charge in [0.2, 0.25) is 0 Å². The van der Waals surface area contributed by atoms with E-state index < -0.39 is 29.2 Å². The molecule has 10 heteroatoms. The van der Waals surface area contributed by atoms with Crippen molar-refractivity contribution in [2.45, 2.75) is 25.8 Å². The zero-order chi connectivity index (χ0) is 23.7. The van der Waals surface area contributed by atoms with Crippen molar-refractivity contribution in [2.24, 2.45) is 4.99 Å². The van der Waals surface area contributed by atoms with Crippen LogP contribution in [0, 0.1) is 0 Å². The molecule has 0 aliphatic heterocycles. The molecule has 32 heavy (non-hydrogen) atoms. The molecule has 1 heterocycles. The molecule has 0 aliphatic carbocycles. The van der Waals surface area contributed by atoms with Crippen molar-refractivity contribution < 1.29 is 26.3 Å². The average molecular weight is 453 g/mol. The van der Waals surface area contributed by atoms with E-state index in [2.05, 4.69) is 16.7 Å². The fourth-order valence-electron chi connectivity index (χ4n) is 3.10. The summed E-state index contributed by atoms with van der Waals surface area (Å²) in [6.07, 6.45) is -7.52. The van der Waals surface area contributed by atoms with E-state index in [0.29, 0.717) is 11.1 Å². The number of benzene rings is 2. The van der Waals surface area contributed by atoms with Crippen LogP contribution in [0.5, 0.6) is 0 Å². The van der Waals surface area contributed by atoms with Crippen LogP contribution >= 0.6 is 0 Å². The number of allylic oxidation sites excluding steroid dienone is 1. The predicted molar refractivity (Wildman–Crippen MR) is 110 cm³/mol. The van der Waals surface area contributed by atoms with Crippen LogP contribution in [0.25, 0.3) is 11.6 Å². The molecule has 0 bridgehead atoms. The van der Waals surface area contributed by atoms with Gasteiger partial charge in [0.05, 0.1) is 23.4 Å². The molecule has 0 unspecified atom stereocenters. The lowest BCUT2D eigenvalue weighted by molar-refractivity contribution is -0.138. The van der Waals surface area contributed by atoms with Gasteiger partial charge in [0.15, 0.2) is 5.82 Å². The first-order chi connectivity index (χ1) is 14.9. The fourth-order valence-corrected chi connectivity index (χ4v) is 3.10. The summed E-state index contributed by atoms with van der Waals surface area (Å²) in [5.74, 6) is 0.0910. The maximum Gasteiger partial charge on any atom is 0.416 e. The smallest absolute Gasteiger partial charge is 0.290 e. The third kappa shape index (κ3) is 5.01. The van der Waals surface area contributed by atoms with Crippen LogP contribution in [0.2, 0.25) is 0 Å². The number of H-pyrrole nitrogens is 1. The molecule has 1 aromatic heterocycles. The van der Waals surface area contributed by atoms with Crippen LogP contribution in [0.15, 0.2) is 58.3 Å². The molecule has 3 aromatic rings. The topological polar surface area (TPSA) is 50.1 Å². The minimum atomic E-state index is -4.51. The number of nitrogens with zero attached hydrogens (tertiary/aromatic N) is 2. The Labute approximate surface area is 178 Å². The lowest BCUT2D eigenvalue weighted by atomic mass is 10.0. The van der Waals surface area contributed by atoms with Crippen LogP contribution in [-0.4, -0.2) is 16.3 Å². The highest BCUT2D eigenvalue weighted by molar-refractivity contribution is 5.82. The van der Waals surface area contributed by atoms with Gasteiger partial charge >= 0.3 is 18.0 Å². The van der Waals surface area contributed by atoms with E-state index in [9.17, 15) is 31.1 Å². The number of halogens is 6. The van der Waals surface area contributed by atoms with Crippen LogP contribution < -0.4 is 5.69 Å². The van der Waals surface area contributed by atoms with Gasteiger partial charge in [0.25, 0.3) is 0 Å². The van der Waals surface area contributed by atoms with Crippen molar-refractivity contribution in [1.29, 1.82) is 0 Å². The van der Waals surface area contributed by atoms with Crippen molar-refractivity contribution in [3.8, 4) is 0 Å². The molecule has 0 saturated heterocycles. The molecular formula is C22H17F6N3O. The highest BCUT2D eigenvalue weighted by Gasteiger charge is 2.31. The van der Waals surface area contributed by atoms with E-state index in [1.807, 2.05) is 0 Å².